The molecule has 3 nitrogen and oxygen atoms in total. The number of ketones is 1. The maximum atomic E-state index is 10.8. The van der Waals surface area contributed by atoms with Gasteiger partial charge in [-0.05, 0) is 24.6 Å². The van der Waals surface area contributed by atoms with Gasteiger partial charge in [-0.3, -0.25) is 4.79 Å². The van der Waals surface area contributed by atoms with Gasteiger partial charge in [0.2, 0.25) is 0 Å². The summed E-state index contributed by atoms with van der Waals surface area (Å²) in [5.41, 5.74) is 1.03. The molecule has 0 heterocycles. The van der Waals surface area contributed by atoms with Crippen molar-refractivity contribution in [2.45, 2.75) is 13.0 Å². The van der Waals surface area contributed by atoms with Crippen LogP contribution in [0.2, 0.25) is 0 Å². The summed E-state index contributed by atoms with van der Waals surface area (Å²) in [6.07, 6.45) is -1.08. The van der Waals surface area contributed by atoms with Gasteiger partial charge in [0.15, 0.2) is 5.78 Å². The third-order valence-corrected chi connectivity index (χ3v) is 1.74. The van der Waals surface area contributed by atoms with E-state index in [9.17, 15) is 9.90 Å². The Morgan fingerprint density at radius 2 is 2.00 bits per heavy atom. The fourth-order valence-corrected chi connectivity index (χ4v) is 0.975. The van der Waals surface area contributed by atoms with Crippen molar-refractivity contribution in [1.29, 1.82) is 5.26 Å². The number of hydrogen-bond acceptors (Lipinski definition) is 3. The number of nitrogens with zero attached hydrogens (tertiary/aromatic N) is 1. The quantitative estimate of drug-likeness (QED) is 0.734. The molecular formula is C10H9NO2. The van der Waals surface area contributed by atoms with E-state index in [1.807, 2.05) is 6.07 Å². The third kappa shape index (κ3) is 2.14. The fourth-order valence-electron chi connectivity index (χ4n) is 0.975. The number of benzene rings is 1. The fraction of sp³-hybridized carbons (Fsp3) is 0.200. The summed E-state index contributed by atoms with van der Waals surface area (Å²) >= 11 is 0. The first-order valence-electron chi connectivity index (χ1n) is 3.83. The molecule has 1 atom stereocenters. The van der Waals surface area contributed by atoms with Crippen LogP contribution in [0.5, 0.6) is 0 Å². The second-order valence-electron chi connectivity index (χ2n) is 2.75. The van der Waals surface area contributed by atoms with E-state index in [2.05, 4.69) is 0 Å². The number of aliphatic hydroxyl groups excluding tert-OH is 1. The second-order valence-corrected chi connectivity index (χ2v) is 2.75. The Bertz CT molecular complexity index is 348. The van der Waals surface area contributed by atoms with Gasteiger partial charge < -0.3 is 5.11 Å². The van der Waals surface area contributed by atoms with Crippen molar-refractivity contribution in [2.24, 2.45) is 0 Å². The summed E-state index contributed by atoms with van der Waals surface area (Å²) < 4.78 is 0. The average Bonchev–Trinajstić information content (AvgIpc) is 2.17. The van der Waals surface area contributed by atoms with Gasteiger partial charge in [0.1, 0.15) is 6.10 Å². The van der Waals surface area contributed by atoms with Gasteiger partial charge in [0.25, 0.3) is 0 Å². The molecule has 0 aliphatic rings. The Morgan fingerprint density at radius 3 is 2.38 bits per heavy atom. The zero-order chi connectivity index (χ0) is 9.84. The van der Waals surface area contributed by atoms with Crippen LogP contribution in [0.1, 0.15) is 24.2 Å². The normalized spacial score (nSPS) is 11.8. The monoisotopic (exact) mass is 175 g/mol. The largest absolute Gasteiger partial charge is 0.381 e. The van der Waals surface area contributed by atoms with Crippen LogP contribution in [-0.2, 0) is 4.79 Å². The first kappa shape index (κ1) is 9.43. The van der Waals surface area contributed by atoms with Gasteiger partial charge >= 0.3 is 0 Å². The molecule has 1 rings (SSSR count). The van der Waals surface area contributed by atoms with Crippen molar-refractivity contribution in [3.05, 3.63) is 35.4 Å². The maximum Gasteiger partial charge on any atom is 0.162 e. The lowest BCUT2D eigenvalue weighted by atomic mass is 10.1. The van der Waals surface area contributed by atoms with Gasteiger partial charge in [-0.2, -0.15) is 5.26 Å². The molecule has 1 aromatic carbocycles. The number of nitriles is 1. The van der Waals surface area contributed by atoms with Crippen LogP contribution in [0.3, 0.4) is 0 Å². The van der Waals surface area contributed by atoms with E-state index in [-0.39, 0.29) is 5.78 Å². The number of Topliss-reactive ketones (excluding diaryl/α,β-unsaturated/α-hetero) is 1. The number of aliphatic hydroxyl groups is 1. The van der Waals surface area contributed by atoms with Crippen molar-refractivity contribution in [2.75, 3.05) is 0 Å². The smallest absolute Gasteiger partial charge is 0.162 e. The summed E-state index contributed by atoms with van der Waals surface area (Å²) in [5.74, 6) is -0.301. The number of carbonyl (C=O) groups excluding carboxylic acids is 1. The van der Waals surface area contributed by atoms with E-state index < -0.39 is 6.10 Å². The van der Waals surface area contributed by atoms with E-state index in [0.717, 1.165) is 0 Å². The Labute approximate surface area is 76.2 Å². The predicted molar refractivity (Wildman–Crippen MR) is 46.8 cm³/mol. The first-order chi connectivity index (χ1) is 6.15. The Hall–Kier alpha value is -1.66. The molecule has 1 aromatic rings. The lowest BCUT2D eigenvalue weighted by Gasteiger charge is -2.05. The minimum Gasteiger partial charge on any atom is -0.381 e. The zero-order valence-electron chi connectivity index (χ0n) is 7.19. The summed E-state index contributed by atoms with van der Waals surface area (Å²) in [5, 5.41) is 17.8. The Morgan fingerprint density at radius 1 is 1.46 bits per heavy atom. The van der Waals surface area contributed by atoms with E-state index in [1.54, 1.807) is 24.3 Å². The van der Waals surface area contributed by atoms with E-state index >= 15 is 0 Å². The SMILES string of the molecule is CC(=O)C(O)c1ccc(C#N)cc1. The van der Waals surface area contributed by atoms with Crippen LogP contribution in [0, 0.1) is 11.3 Å². The van der Waals surface area contributed by atoms with Crippen molar-refractivity contribution in [3.63, 3.8) is 0 Å². The van der Waals surface area contributed by atoms with Crippen LogP contribution < -0.4 is 0 Å². The number of carbonyl (C=O) groups is 1. The molecule has 0 radical (unpaired) electrons. The van der Waals surface area contributed by atoms with Crippen molar-refractivity contribution >= 4 is 5.78 Å². The molecule has 0 aliphatic carbocycles. The van der Waals surface area contributed by atoms with Gasteiger partial charge in [-0.1, -0.05) is 12.1 Å². The lowest BCUT2D eigenvalue weighted by molar-refractivity contribution is -0.125. The van der Waals surface area contributed by atoms with Crippen molar-refractivity contribution in [3.8, 4) is 6.07 Å². The van der Waals surface area contributed by atoms with Crippen LogP contribution in [0.4, 0.5) is 0 Å². The molecule has 0 aromatic heterocycles. The highest BCUT2D eigenvalue weighted by Crippen LogP contribution is 2.13. The molecule has 0 saturated carbocycles. The van der Waals surface area contributed by atoms with Gasteiger partial charge in [-0.15, -0.1) is 0 Å². The summed E-state index contributed by atoms with van der Waals surface area (Å²) in [6, 6.07) is 8.25. The maximum absolute atomic E-state index is 10.8. The van der Waals surface area contributed by atoms with Crippen molar-refractivity contribution < 1.29 is 9.90 Å². The summed E-state index contributed by atoms with van der Waals surface area (Å²) in [7, 11) is 0. The lowest BCUT2D eigenvalue weighted by Crippen LogP contribution is -2.07. The minimum atomic E-state index is -1.08. The molecule has 3 heteroatoms. The molecule has 1 unspecified atom stereocenters. The second kappa shape index (κ2) is 3.83. The van der Waals surface area contributed by atoms with Crippen LogP contribution >= 0.6 is 0 Å². The van der Waals surface area contributed by atoms with Crippen molar-refractivity contribution in [1.82, 2.24) is 0 Å². The van der Waals surface area contributed by atoms with Crippen LogP contribution in [0.25, 0.3) is 0 Å². The van der Waals surface area contributed by atoms with Gasteiger partial charge in [-0.25, -0.2) is 0 Å². The standard InChI is InChI=1S/C10H9NO2/c1-7(12)10(13)9-4-2-8(6-11)3-5-9/h2-5,10,13H,1H3. The highest BCUT2D eigenvalue weighted by Gasteiger charge is 2.11. The molecule has 66 valence electrons. The Balaban J connectivity index is 2.93. The average molecular weight is 175 g/mol. The molecular weight excluding hydrogens is 166 g/mol. The molecule has 0 saturated heterocycles. The van der Waals surface area contributed by atoms with Crippen LogP contribution in [0.15, 0.2) is 24.3 Å². The number of hydrogen-bond donors (Lipinski definition) is 1. The molecule has 13 heavy (non-hydrogen) atoms. The topological polar surface area (TPSA) is 61.1 Å². The first-order valence-corrected chi connectivity index (χ1v) is 3.83. The molecule has 0 spiro atoms. The van der Waals surface area contributed by atoms with Gasteiger partial charge in [0.05, 0.1) is 11.6 Å². The van der Waals surface area contributed by atoms with Crippen LogP contribution in [-0.4, -0.2) is 10.9 Å². The molecule has 0 amide bonds. The highest BCUT2D eigenvalue weighted by atomic mass is 16.3. The molecule has 0 bridgehead atoms. The molecule has 1 N–H and O–H groups in total. The zero-order valence-corrected chi connectivity index (χ0v) is 7.19. The highest BCUT2D eigenvalue weighted by molar-refractivity contribution is 5.81. The summed E-state index contributed by atoms with van der Waals surface area (Å²) in [4.78, 5) is 10.8. The molecule has 0 fully saturated rings. The Kier molecular flexibility index (Phi) is 2.78. The predicted octanol–water partition coefficient (Wildman–Crippen LogP) is 1.18. The molecule has 0 aliphatic heterocycles. The van der Waals surface area contributed by atoms with E-state index in [0.29, 0.717) is 11.1 Å². The number of rotatable bonds is 2. The minimum absolute atomic E-state index is 0.301. The third-order valence-electron chi connectivity index (χ3n) is 1.74. The van der Waals surface area contributed by atoms with E-state index in [1.165, 1.54) is 6.92 Å². The van der Waals surface area contributed by atoms with Gasteiger partial charge in [0, 0.05) is 0 Å². The summed E-state index contributed by atoms with van der Waals surface area (Å²) in [6.45, 7) is 1.32. The van der Waals surface area contributed by atoms with E-state index in [4.69, 9.17) is 5.26 Å².